The normalized spacial score (nSPS) is 24.5. The van der Waals surface area contributed by atoms with Gasteiger partial charge in [-0.25, -0.2) is 17.6 Å². The minimum atomic E-state index is -5.19. The van der Waals surface area contributed by atoms with Crippen LogP contribution < -0.4 is 0 Å². The summed E-state index contributed by atoms with van der Waals surface area (Å²) in [5, 5.41) is 0. The Balaban J connectivity index is 3.41. The molecular formula is C6H4F4O3S. The third kappa shape index (κ3) is 1.80. The van der Waals surface area contributed by atoms with Crippen LogP contribution in [0.2, 0.25) is 0 Å². The van der Waals surface area contributed by atoms with E-state index < -0.39 is 45.1 Å². The predicted molar refractivity (Wildman–Crippen MR) is 38.4 cm³/mol. The fraction of sp³-hybridized carbons (Fsp3) is 0.333. The van der Waals surface area contributed by atoms with E-state index in [-0.39, 0.29) is 0 Å². The fourth-order valence-corrected chi connectivity index (χ4v) is 1.70. The van der Waals surface area contributed by atoms with Crippen molar-refractivity contribution in [3.05, 3.63) is 22.4 Å². The van der Waals surface area contributed by atoms with Crippen LogP contribution in [0.25, 0.3) is 0 Å². The van der Waals surface area contributed by atoms with Crippen LogP contribution in [0, 0.1) is 0 Å². The Morgan fingerprint density at radius 2 is 1.71 bits per heavy atom. The second kappa shape index (κ2) is 3.35. The first-order chi connectivity index (χ1) is 6.25. The molecule has 8 heteroatoms. The third-order valence-corrected chi connectivity index (χ3v) is 2.56. The molecule has 0 aromatic rings. The minimum absolute atomic E-state index is 1.24. The van der Waals surface area contributed by atoms with E-state index in [9.17, 15) is 26.0 Å². The Kier molecular flexibility index (Phi) is 2.68. The first-order valence-electron chi connectivity index (χ1n) is 3.31. The van der Waals surface area contributed by atoms with Crippen molar-refractivity contribution in [1.82, 2.24) is 0 Å². The zero-order valence-electron chi connectivity index (χ0n) is 6.47. The summed E-state index contributed by atoms with van der Waals surface area (Å²) in [6.45, 7) is 0. The van der Waals surface area contributed by atoms with Crippen LogP contribution >= 0.6 is 0 Å². The van der Waals surface area contributed by atoms with Crippen LogP contribution in [0.1, 0.15) is 6.42 Å². The van der Waals surface area contributed by atoms with Crippen molar-refractivity contribution < 1.29 is 30.5 Å². The Morgan fingerprint density at radius 3 is 2.14 bits per heavy atom. The molecule has 0 saturated heterocycles. The molecule has 14 heavy (non-hydrogen) atoms. The number of hydrogen-bond donors (Lipinski definition) is 1. The summed E-state index contributed by atoms with van der Waals surface area (Å²) in [5.41, 5.74) is 0. The second-order valence-corrected chi connectivity index (χ2v) is 3.93. The van der Waals surface area contributed by atoms with Gasteiger partial charge in [-0.05, 0) is 0 Å². The number of rotatable bonds is 1. The number of halogens is 4. The van der Waals surface area contributed by atoms with E-state index in [4.69, 9.17) is 4.55 Å². The lowest BCUT2D eigenvalue weighted by Crippen LogP contribution is -2.19. The quantitative estimate of drug-likeness (QED) is 0.555. The van der Waals surface area contributed by atoms with E-state index in [1.165, 1.54) is 0 Å². The molecular weight excluding hydrogens is 228 g/mol. The van der Waals surface area contributed by atoms with Gasteiger partial charge < -0.3 is 0 Å². The second-order valence-electron chi connectivity index (χ2n) is 2.54. The van der Waals surface area contributed by atoms with Crippen LogP contribution in [0.3, 0.4) is 0 Å². The van der Waals surface area contributed by atoms with Gasteiger partial charge in [0.1, 0.15) is 16.9 Å². The highest BCUT2D eigenvalue weighted by Gasteiger charge is 2.37. The van der Waals surface area contributed by atoms with Gasteiger partial charge in [-0.15, -0.1) is 0 Å². The molecule has 80 valence electrons. The first-order valence-corrected chi connectivity index (χ1v) is 4.75. The lowest BCUT2D eigenvalue weighted by atomic mass is 10.1. The standard InChI is InChI=1S/C6H4F4O3S/c7-2-1-3(8)6(14(11,12)13)5(10)4(2)9/h3H,1H2,(H,11,12,13). The average Bonchev–Trinajstić information content (AvgIpc) is 1.97. The average molecular weight is 232 g/mol. The molecule has 0 bridgehead atoms. The van der Waals surface area contributed by atoms with Crippen LogP contribution in [-0.2, 0) is 10.1 Å². The lowest BCUT2D eigenvalue weighted by molar-refractivity contribution is 0.326. The summed E-state index contributed by atoms with van der Waals surface area (Å²) in [5.74, 6) is -6.03. The summed E-state index contributed by atoms with van der Waals surface area (Å²) in [6, 6.07) is 0. The topological polar surface area (TPSA) is 54.4 Å². The van der Waals surface area contributed by atoms with E-state index in [1.807, 2.05) is 0 Å². The highest BCUT2D eigenvalue weighted by molar-refractivity contribution is 7.89. The Bertz CT molecular complexity index is 422. The Morgan fingerprint density at radius 1 is 1.21 bits per heavy atom. The maximum absolute atomic E-state index is 12.7. The van der Waals surface area contributed by atoms with Crippen molar-refractivity contribution in [2.24, 2.45) is 0 Å². The van der Waals surface area contributed by atoms with E-state index in [1.54, 1.807) is 0 Å². The van der Waals surface area contributed by atoms with Gasteiger partial charge in [0.2, 0.25) is 0 Å². The van der Waals surface area contributed by atoms with E-state index in [0.29, 0.717) is 0 Å². The van der Waals surface area contributed by atoms with Gasteiger partial charge >= 0.3 is 0 Å². The number of allylic oxidation sites excluding steroid dienone is 4. The van der Waals surface area contributed by atoms with Gasteiger partial charge in [0.15, 0.2) is 11.7 Å². The molecule has 1 rings (SSSR count). The van der Waals surface area contributed by atoms with E-state index >= 15 is 0 Å². The molecule has 1 aliphatic rings. The van der Waals surface area contributed by atoms with Crippen LogP contribution in [0.4, 0.5) is 17.6 Å². The van der Waals surface area contributed by atoms with Crippen molar-refractivity contribution in [2.75, 3.05) is 0 Å². The molecule has 1 aliphatic carbocycles. The lowest BCUT2D eigenvalue weighted by Gasteiger charge is -2.15. The van der Waals surface area contributed by atoms with Gasteiger partial charge in [0.05, 0.1) is 0 Å². The fourth-order valence-electron chi connectivity index (χ4n) is 0.979. The van der Waals surface area contributed by atoms with Crippen LogP contribution in [0.15, 0.2) is 22.4 Å². The van der Waals surface area contributed by atoms with Gasteiger partial charge in [-0.2, -0.15) is 8.42 Å². The molecule has 1 N–H and O–H groups in total. The predicted octanol–water partition coefficient (Wildman–Crippen LogP) is 1.95. The maximum Gasteiger partial charge on any atom is 0.296 e. The molecule has 1 unspecified atom stereocenters. The van der Waals surface area contributed by atoms with Gasteiger partial charge in [-0.1, -0.05) is 0 Å². The molecule has 0 aromatic heterocycles. The number of hydrogen-bond acceptors (Lipinski definition) is 2. The number of alkyl halides is 1. The van der Waals surface area contributed by atoms with Gasteiger partial charge in [-0.3, -0.25) is 4.55 Å². The summed E-state index contributed by atoms with van der Waals surface area (Å²) in [7, 11) is -5.19. The molecule has 0 fully saturated rings. The van der Waals surface area contributed by atoms with Crippen LogP contribution in [0.5, 0.6) is 0 Å². The molecule has 0 aromatic carbocycles. The molecule has 1 atom stereocenters. The van der Waals surface area contributed by atoms with Crippen molar-refractivity contribution in [2.45, 2.75) is 12.6 Å². The van der Waals surface area contributed by atoms with Crippen LogP contribution in [-0.4, -0.2) is 19.1 Å². The SMILES string of the molecule is O=S(=O)(O)C1=C(F)C(F)=C(F)CC1F. The van der Waals surface area contributed by atoms with Crippen molar-refractivity contribution in [1.29, 1.82) is 0 Å². The summed E-state index contributed by atoms with van der Waals surface area (Å²) < 4.78 is 79.3. The molecule has 0 amide bonds. The minimum Gasteiger partial charge on any atom is -0.282 e. The van der Waals surface area contributed by atoms with Crippen molar-refractivity contribution >= 4 is 10.1 Å². The van der Waals surface area contributed by atoms with Gasteiger partial charge in [0.25, 0.3) is 10.1 Å². The summed E-state index contributed by atoms with van der Waals surface area (Å²) in [6.07, 6.45) is -3.85. The Hall–Kier alpha value is -0.890. The Labute approximate surface area is 76.5 Å². The summed E-state index contributed by atoms with van der Waals surface area (Å²) >= 11 is 0. The highest BCUT2D eigenvalue weighted by atomic mass is 32.2. The van der Waals surface area contributed by atoms with E-state index in [2.05, 4.69) is 0 Å². The molecule has 3 nitrogen and oxygen atoms in total. The maximum atomic E-state index is 12.7. The van der Waals surface area contributed by atoms with Crippen molar-refractivity contribution in [3.63, 3.8) is 0 Å². The molecule has 0 spiro atoms. The monoisotopic (exact) mass is 232 g/mol. The molecule has 0 saturated carbocycles. The zero-order valence-corrected chi connectivity index (χ0v) is 7.28. The summed E-state index contributed by atoms with van der Waals surface area (Å²) in [4.78, 5) is -1.77. The first kappa shape index (κ1) is 11.2. The van der Waals surface area contributed by atoms with Crippen molar-refractivity contribution in [3.8, 4) is 0 Å². The molecule has 0 radical (unpaired) electrons. The molecule has 0 heterocycles. The largest absolute Gasteiger partial charge is 0.296 e. The van der Waals surface area contributed by atoms with E-state index in [0.717, 1.165) is 0 Å². The zero-order chi connectivity index (χ0) is 11.1. The smallest absolute Gasteiger partial charge is 0.282 e. The third-order valence-electron chi connectivity index (χ3n) is 1.57. The highest BCUT2D eigenvalue weighted by Crippen LogP contribution is 2.36. The van der Waals surface area contributed by atoms with Gasteiger partial charge in [0, 0.05) is 6.42 Å². The molecule has 0 aliphatic heterocycles.